The van der Waals surface area contributed by atoms with Crippen LogP contribution in [0.15, 0.2) is 60.7 Å². The summed E-state index contributed by atoms with van der Waals surface area (Å²) in [6.07, 6.45) is 2.58. The predicted octanol–water partition coefficient (Wildman–Crippen LogP) is 5.70. The van der Waals surface area contributed by atoms with Crippen molar-refractivity contribution in [2.45, 2.75) is 51.6 Å². The van der Waals surface area contributed by atoms with Crippen molar-refractivity contribution in [3.8, 4) is 0 Å². The molecule has 0 bridgehead atoms. The second-order valence-electron chi connectivity index (χ2n) is 9.89. The summed E-state index contributed by atoms with van der Waals surface area (Å²) in [5.74, 6) is 2.43. The Hall–Kier alpha value is -2.43. The molecule has 2 aromatic carbocycles. The van der Waals surface area contributed by atoms with Gasteiger partial charge in [0.2, 0.25) is 0 Å². The molecule has 32 heavy (non-hydrogen) atoms. The zero-order valence-corrected chi connectivity index (χ0v) is 19.7. The highest BCUT2D eigenvalue weighted by atomic mass is 15.3. The third-order valence-electron chi connectivity index (χ3n) is 7.15. The Morgan fingerprint density at radius 2 is 1.34 bits per heavy atom. The van der Waals surface area contributed by atoms with Gasteiger partial charge in [0.05, 0.1) is 17.8 Å². The number of rotatable bonds is 7. The number of aromatic nitrogens is 2. The van der Waals surface area contributed by atoms with Gasteiger partial charge in [0.15, 0.2) is 0 Å². The van der Waals surface area contributed by atoms with Gasteiger partial charge < -0.3 is 4.98 Å². The van der Waals surface area contributed by atoms with E-state index >= 15 is 0 Å². The lowest BCUT2D eigenvalue weighted by molar-refractivity contribution is 0.0598. The van der Waals surface area contributed by atoms with Crippen molar-refractivity contribution in [1.82, 2.24) is 19.8 Å². The fourth-order valence-electron chi connectivity index (χ4n) is 5.40. The molecular weight excluding hydrogens is 392 g/mol. The molecule has 2 aliphatic rings. The zero-order valence-electron chi connectivity index (χ0n) is 19.7. The van der Waals surface area contributed by atoms with Crippen molar-refractivity contribution in [3.63, 3.8) is 0 Å². The average molecular weight is 429 g/mol. The van der Waals surface area contributed by atoms with Gasteiger partial charge in [0.1, 0.15) is 5.82 Å². The van der Waals surface area contributed by atoms with Gasteiger partial charge in [-0.25, -0.2) is 4.98 Å². The Kier molecular flexibility index (Phi) is 6.16. The van der Waals surface area contributed by atoms with Crippen molar-refractivity contribution in [2.24, 2.45) is 5.92 Å². The van der Waals surface area contributed by atoms with Crippen LogP contribution in [0, 0.1) is 12.8 Å². The Bertz CT molecular complexity index is 959. The summed E-state index contributed by atoms with van der Waals surface area (Å²) in [5, 5.41) is 0. The van der Waals surface area contributed by atoms with Crippen LogP contribution in [0.1, 0.15) is 73.0 Å². The molecule has 1 aromatic heterocycles. The fraction of sp³-hybridized carbons (Fsp3) is 0.464. The molecule has 1 N–H and O–H groups in total. The molecule has 0 radical (unpaired) electrons. The van der Waals surface area contributed by atoms with E-state index < -0.39 is 0 Å². The van der Waals surface area contributed by atoms with E-state index in [-0.39, 0.29) is 0 Å². The van der Waals surface area contributed by atoms with Gasteiger partial charge >= 0.3 is 0 Å². The molecule has 2 heterocycles. The number of piperazine rings is 1. The monoisotopic (exact) mass is 428 g/mol. The minimum atomic E-state index is 0.311. The standard InChI is InChI=1S/C28H36N4/c1-20(2)26(25-21(3)29-28(30-25)24-14-15-24)31-16-18-32(19-17-31)27(22-10-6-4-7-11-22)23-12-8-5-9-13-23/h4-13,20,24,26-27H,14-19H2,1-3H3,(H,29,30). The van der Waals surface area contributed by atoms with Crippen LogP contribution in [0.2, 0.25) is 0 Å². The van der Waals surface area contributed by atoms with Gasteiger partial charge in [-0.3, -0.25) is 9.80 Å². The van der Waals surface area contributed by atoms with E-state index in [0.717, 1.165) is 26.2 Å². The number of hydrogen-bond acceptors (Lipinski definition) is 3. The van der Waals surface area contributed by atoms with Crippen LogP contribution in [0.5, 0.6) is 0 Å². The van der Waals surface area contributed by atoms with E-state index in [1.165, 1.54) is 41.2 Å². The highest BCUT2D eigenvalue weighted by molar-refractivity contribution is 5.32. The number of nitrogens with zero attached hydrogens (tertiary/aromatic N) is 3. The molecule has 0 amide bonds. The van der Waals surface area contributed by atoms with Crippen LogP contribution < -0.4 is 0 Å². The smallest absolute Gasteiger partial charge is 0.109 e. The maximum absolute atomic E-state index is 5.11. The number of nitrogens with one attached hydrogen (secondary N) is 1. The number of hydrogen-bond donors (Lipinski definition) is 1. The summed E-state index contributed by atoms with van der Waals surface area (Å²) in [4.78, 5) is 14.0. The van der Waals surface area contributed by atoms with E-state index in [0.29, 0.717) is 23.9 Å². The molecule has 0 spiro atoms. The first-order valence-electron chi connectivity index (χ1n) is 12.3. The van der Waals surface area contributed by atoms with Crippen LogP contribution in [0.4, 0.5) is 0 Å². The summed E-state index contributed by atoms with van der Waals surface area (Å²) < 4.78 is 0. The van der Waals surface area contributed by atoms with Gasteiger partial charge in [-0.1, -0.05) is 74.5 Å². The Labute approximate surface area is 192 Å². The fourth-order valence-corrected chi connectivity index (χ4v) is 5.40. The Balaban J connectivity index is 1.35. The van der Waals surface area contributed by atoms with Gasteiger partial charge in [0, 0.05) is 37.8 Å². The largest absolute Gasteiger partial charge is 0.346 e. The summed E-state index contributed by atoms with van der Waals surface area (Å²) in [6, 6.07) is 22.6. The van der Waals surface area contributed by atoms with Crippen molar-refractivity contribution in [1.29, 1.82) is 0 Å². The van der Waals surface area contributed by atoms with Crippen molar-refractivity contribution < 1.29 is 0 Å². The molecule has 4 heteroatoms. The predicted molar refractivity (Wildman–Crippen MR) is 131 cm³/mol. The van der Waals surface area contributed by atoms with Gasteiger partial charge in [-0.2, -0.15) is 0 Å². The van der Waals surface area contributed by atoms with E-state index in [9.17, 15) is 0 Å². The van der Waals surface area contributed by atoms with Gasteiger partial charge in [-0.05, 0) is 36.8 Å². The SMILES string of the molecule is Cc1[nH]c(C2CC2)nc1C(C(C)C)N1CCN(C(c2ccccc2)c2ccccc2)CC1. The summed E-state index contributed by atoms with van der Waals surface area (Å²) >= 11 is 0. The van der Waals surface area contributed by atoms with Gasteiger partial charge in [0.25, 0.3) is 0 Å². The molecule has 5 rings (SSSR count). The Morgan fingerprint density at radius 3 is 1.84 bits per heavy atom. The molecule has 1 saturated carbocycles. The van der Waals surface area contributed by atoms with E-state index in [1.54, 1.807) is 0 Å². The van der Waals surface area contributed by atoms with Crippen LogP contribution in [-0.4, -0.2) is 45.9 Å². The maximum atomic E-state index is 5.11. The summed E-state index contributed by atoms with van der Waals surface area (Å²) in [7, 11) is 0. The third-order valence-corrected chi connectivity index (χ3v) is 7.15. The normalized spacial score (nSPS) is 19.0. The molecule has 1 aliphatic carbocycles. The first-order chi connectivity index (χ1) is 15.6. The van der Waals surface area contributed by atoms with Crippen molar-refractivity contribution >= 4 is 0 Å². The number of imidazole rings is 1. The van der Waals surface area contributed by atoms with Crippen molar-refractivity contribution in [3.05, 3.63) is 89.0 Å². The number of H-pyrrole nitrogens is 1. The summed E-state index contributed by atoms with van der Waals surface area (Å²) in [6.45, 7) is 11.2. The van der Waals surface area contributed by atoms with E-state index in [2.05, 4.69) is 96.2 Å². The molecule has 1 atom stereocenters. The molecule has 1 saturated heterocycles. The molecule has 1 unspecified atom stereocenters. The second-order valence-corrected chi connectivity index (χ2v) is 9.89. The lowest BCUT2D eigenvalue weighted by atomic mass is 9.94. The number of aryl methyl sites for hydroxylation is 1. The van der Waals surface area contributed by atoms with Crippen LogP contribution in [0.3, 0.4) is 0 Å². The third kappa shape index (κ3) is 4.39. The first-order valence-corrected chi connectivity index (χ1v) is 12.3. The second kappa shape index (κ2) is 9.21. The van der Waals surface area contributed by atoms with E-state index in [1.807, 2.05) is 0 Å². The lowest BCUT2D eigenvalue weighted by Gasteiger charge is -2.43. The topological polar surface area (TPSA) is 35.2 Å². The minimum Gasteiger partial charge on any atom is -0.346 e. The molecule has 4 nitrogen and oxygen atoms in total. The highest BCUT2D eigenvalue weighted by Crippen LogP contribution is 2.40. The minimum absolute atomic E-state index is 0.311. The zero-order chi connectivity index (χ0) is 22.1. The van der Waals surface area contributed by atoms with Crippen LogP contribution in [-0.2, 0) is 0 Å². The van der Waals surface area contributed by atoms with Crippen molar-refractivity contribution in [2.75, 3.05) is 26.2 Å². The first kappa shape index (κ1) is 21.4. The van der Waals surface area contributed by atoms with Crippen LogP contribution >= 0.6 is 0 Å². The van der Waals surface area contributed by atoms with Gasteiger partial charge in [-0.15, -0.1) is 0 Å². The molecule has 168 valence electrons. The average Bonchev–Trinajstić information content (AvgIpc) is 3.60. The lowest BCUT2D eigenvalue weighted by Crippen LogP contribution is -2.50. The highest BCUT2D eigenvalue weighted by Gasteiger charge is 2.34. The summed E-state index contributed by atoms with van der Waals surface area (Å²) in [5.41, 5.74) is 5.30. The molecular formula is C28H36N4. The van der Waals surface area contributed by atoms with E-state index in [4.69, 9.17) is 4.98 Å². The molecule has 2 fully saturated rings. The number of aromatic amines is 1. The number of benzene rings is 2. The quantitative estimate of drug-likeness (QED) is 0.524. The molecule has 1 aliphatic heterocycles. The van der Waals surface area contributed by atoms with Crippen LogP contribution in [0.25, 0.3) is 0 Å². The Morgan fingerprint density at radius 1 is 0.812 bits per heavy atom. The molecule has 3 aromatic rings. The maximum Gasteiger partial charge on any atom is 0.109 e.